The van der Waals surface area contributed by atoms with Gasteiger partial charge in [0.25, 0.3) is 0 Å². The molecule has 0 bridgehead atoms. The molecule has 0 rings (SSSR count). The second-order valence-electron chi connectivity index (χ2n) is 5.27. The molecule has 0 aromatic rings. The van der Waals surface area contributed by atoms with Gasteiger partial charge < -0.3 is 15.4 Å². The summed E-state index contributed by atoms with van der Waals surface area (Å²) in [5, 5.41) is 6.50. The molecule has 126 valence electrons. The maximum absolute atomic E-state index is 11.3. The average molecular weight is 413 g/mol. The van der Waals surface area contributed by atoms with Gasteiger partial charge in [0.05, 0.1) is 13.0 Å². The van der Waals surface area contributed by atoms with Crippen molar-refractivity contribution >= 4 is 35.9 Å². The predicted molar refractivity (Wildman–Crippen MR) is 99.3 cm³/mol. The van der Waals surface area contributed by atoms with Gasteiger partial charge in [-0.25, -0.2) is 0 Å². The standard InChI is InChI=1S/C15H31N3O2.HI/c1-6-7-8-9-10-13(3)18-15(16-4)17-11-12(2)14(19)20-5;/h12-13H,6-11H2,1-5H3,(H2,16,17,18);1H. The van der Waals surface area contributed by atoms with E-state index in [1.807, 2.05) is 6.92 Å². The summed E-state index contributed by atoms with van der Waals surface area (Å²) in [7, 11) is 3.15. The molecule has 0 aliphatic carbocycles. The molecule has 6 heteroatoms. The number of guanidine groups is 1. The van der Waals surface area contributed by atoms with E-state index in [1.54, 1.807) is 7.05 Å². The van der Waals surface area contributed by atoms with Crippen LogP contribution in [0, 0.1) is 5.92 Å². The fourth-order valence-electron chi connectivity index (χ4n) is 1.91. The van der Waals surface area contributed by atoms with Crippen molar-refractivity contribution in [3.8, 4) is 0 Å². The Bertz CT molecular complexity index is 299. The summed E-state index contributed by atoms with van der Waals surface area (Å²) in [6.45, 7) is 6.73. The van der Waals surface area contributed by atoms with Crippen LogP contribution in [0.25, 0.3) is 0 Å². The van der Waals surface area contributed by atoms with Crippen molar-refractivity contribution in [2.45, 2.75) is 58.9 Å². The molecule has 0 saturated heterocycles. The van der Waals surface area contributed by atoms with Crippen molar-refractivity contribution < 1.29 is 9.53 Å². The van der Waals surface area contributed by atoms with Crippen LogP contribution in [-0.4, -0.2) is 38.7 Å². The fraction of sp³-hybridized carbons (Fsp3) is 0.867. The minimum absolute atomic E-state index is 0. The quantitative estimate of drug-likeness (QED) is 0.201. The Morgan fingerprint density at radius 1 is 1.24 bits per heavy atom. The summed E-state index contributed by atoms with van der Waals surface area (Å²) >= 11 is 0. The number of hydrogen-bond donors (Lipinski definition) is 2. The van der Waals surface area contributed by atoms with Gasteiger partial charge >= 0.3 is 5.97 Å². The van der Waals surface area contributed by atoms with Crippen LogP contribution in [-0.2, 0) is 9.53 Å². The number of nitrogens with one attached hydrogen (secondary N) is 2. The van der Waals surface area contributed by atoms with Crippen LogP contribution in [0.15, 0.2) is 4.99 Å². The number of rotatable bonds is 9. The Morgan fingerprint density at radius 2 is 1.90 bits per heavy atom. The monoisotopic (exact) mass is 413 g/mol. The first kappa shape index (κ1) is 22.7. The summed E-state index contributed by atoms with van der Waals surface area (Å²) in [6.07, 6.45) is 6.21. The van der Waals surface area contributed by atoms with E-state index in [4.69, 9.17) is 4.74 Å². The van der Waals surface area contributed by atoms with Crippen molar-refractivity contribution in [1.29, 1.82) is 0 Å². The van der Waals surface area contributed by atoms with Crippen LogP contribution in [0.3, 0.4) is 0 Å². The summed E-state index contributed by atoms with van der Waals surface area (Å²) < 4.78 is 4.70. The second kappa shape index (κ2) is 14.4. The molecule has 0 spiro atoms. The van der Waals surface area contributed by atoms with Crippen molar-refractivity contribution in [3.05, 3.63) is 0 Å². The number of ether oxygens (including phenoxy) is 1. The van der Waals surface area contributed by atoms with Gasteiger partial charge in [0.1, 0.15) is 0 Å². The molecular formula is C15H32IN3O2. The Morgan fingerprint density at radius 3 is 2.43 bits per heavy atom. The van der Waals surface area contributed by atoms with Crippen LogP contribution in [0.1, 0.15) is 52.9 Å². The molecule has 0 amide bonds. The largest absolute Gasteiger partial charge is 0.469 e. The smallest absolute Gasteiger partial charge is 0.310 e. The van der Waals surface area contributed by atoms with Gasteiger partial charge in [0.15, 0.2) is 5.96 Å². The Labute approximate surface area is 146 Å². The molecule has 0 saturated carbocycles. The van der Waals surface area contributed by atoms with Crippen molar-refractivity contribution in [1.82, 2.24) is 10.6 Å². The van der Waals surface area contributed by atoms with Crippen LogP contribution in [0.2, 0.25) is 0 Å². The van der Waals surface area contributed by atoms with Crippen molar-refractivity contribution in [3.63, 3.8) is 0 Å². The van der Waals surface area contributed by atoms with Crippen LogP contribution >= 0.6 is 24.0 Å². The third kappa shape index (κ3) is 11.8. The lowest BCUT2D eigenvalue weighted by atomic mass is 10.1. The number of esters is 1. The highest BCUT2D eigenvalue weighted by molar-refractivity contribution is 14.0. The van der Waals surface area contributed by atoms with Gasteiger partial charge in [-0.1, -0.05) is 39.5 Å². The van der Waals surface area contributed by atoms with Gasteiger partial charge in [-0.05, 0) is 13.3 Å². The molecule has 2 atom stereocenters. The van der Waals surface area contributed by atoms with E-state index in [0.29, 0.717) is 12.6 Å². The molecule has 0 radical (unpaired) electrons. The van der Waals surface area contributed by atoms with E-state index in [0.717, 1.165) is 12.4 Å². The van der Waals surface area contributed by atoms with E-state index in [1.165, 1.54) is 32.8 Å². The number of carbonyl (C=O) groups is 1. The molecular weight excluding hydrogens is 381 g/mol. The van der Waals surface area contributed by atoms with E-state index >= 15 is 0 Å². The summed E-state index contributed by atoms with van der Waals surface area (Å²) in [5.74, 6) is 0.350. The SMILES string of the molecule is CCCCCCC(C)NC(=NC)NCC(C)C(=O)OC.I. The van der Waals surface area contributed by atoms with Gasteiger partial charge in [0.2, 0.25) is 0 Å². The molecule has 2 unspecified atom stereocenters. The molecule has 0 aromatic heterocycles. The molecule has 0 fully saturated rings. The molecule has 5 nitrogen and oxygen atoms in total. The van der Waals surface area contributed by atoms with E-state index < -0.39 is 0 Å². The lowest BCUT2D eigenvalue weighted by Crippen LogP contribution is -2.44. The normalized spacial score (nSPS) is 13.9. The number of hydrogen-bond acceptors (Lipinski definition) is 3. The van der Waals surface area contributed by atoms with Gasteiger partial charge in [-0.2, -0.15) is 0 Å². The molecule has 21 heavy (non-hydrogen) atoms. The summed E-state index contributed by atoms with van der Waals surface area (Å²) in [6, 6.07) is 0.381. The van der Waals surface area contributed by atoms with Gasteiger partial charge in [-0.3, -0.25) is 9.79 Å². The second-order valence-corrected chi connectivity index (χ2v) is 5.27. The molecule has 0 aliphatic rings. The van der Waals surface area contributed by atoms with Gasteiger partial charge in [0, 0.05) is 19.6 Å². The summed E-state index contributed by atoms with van der Waals surface area (Å²) in [4.78, 5) is 15.5. The van der Waals surface area contributed by atoms with Crippen LogP contribution in [0.4, 0.5) is 0 Å². The highest BCUT2D eigenvalue weighted by Gasteiger charge is 2.13. The first-order chi connectivity index (χ1) is 9.54. The first-order valence-corrected chi connectivity index (χ1v) is 7.60. The Hall–Kier alpha value is -0.530. The number of nitrogens with zero attached hydrogens (tertiary/aromatic N) is 1. The molecule has 0 aliphatic heterocycles. The molecule has 0 aromatic carbocycles. The Kier molecular flexibility index (Phi) is 15.6. The molecule has 0 heterocycles. The predicted octanol–water partition coefficient (Wildman–Crippen LogP) is 2.94. The number of halogens is 1. The minimum atomic E-state index is -0.208. The number of carbonyl (C=O) groups excluding carboxylic acids is 1. The third-order valence-electron chi connectivity index (χ3n) is 3.28. The highest BCUT2D eigenvalue weighted by Crippen LogP contribution is 2.05. The van der Waals surface area contributed by atoms with Crippen LogP contribution in [0.5, 0.6) is 0 Å². The van der Waals surface area contributed by atoms with E-state index in [9.17, 15) is 4.79 Å². The number of unbranched alkanes of at least 4 members (excludes halogenated alkanes) is 3. The van der Waals surface area contributed by atoms with Crippen molar-refractivity contribution in [2.24, 2.45) is 10.9 Å². The minimum Gasteiger partial charge on any atom is -0.469 e. The van der Waals surface area contributed by atoms with Gasteiger partial charge in [-0.15, -0.1) is 24.0 Å². The van der Waals surface area contributed by atoms with Crippen molar-refractivity contribution in [2.75, 3.05) is 20.7 Å². The first-order valence-electron chi connectivity index (χ1n) is 7.60. The maximum atomic E-state index is 11.3. The zero-order chi connectivity index (χ0) is 15.4. The van der Waals surface area contributed by atoms with E-state index in [2.05, 4.69) is 29.5 Å². The zero-order valence-corrected chi connectivity index (χ0v) is 16.4. The third-order valence-corrected chi connectivity index (χ3v) is 3.28. The van der Waals surface area contributed by atoms with Crippen LogP contribution < -0.4 is 10.6 Å². The Balaban J connectivity index is 0. The highest BCUT2D eigenvalue weighted by atomic mass is 127. The topological polar surface area (TPSA) is 62.7 Å². The maximum Gasteiger partial charge on any atom is 0.310 e. The lowest BCUT2D eigenvalue weighted by molar-refractivity contribution is -0.144. The fourth-order valence-corrected chi connectivity index (χ4v) is 1.91. The molecule has 2 N–H and O–H groups in total. The zero-order valence-electron chi connectivity index (χ0n) is 14.1. The lowest BCUT2D eigenvalue weighted by Gasteiger charge is -2.19. The number of methoxy groups -OCH3 is 1. The number of aliphatic imine (C=N–C) groups is 1. The average Bonchev–Trinajstić information content (AvgIpc) is 2.46. The summed E-state index contributed by atoms with van der Waals surface area (Å²) in [5.41, 5.74) is 0. The van der Waals surface area contributed by atoms with E-state index in [-0.39, 0.29) is 35.9 Å².